The zero-order valence-electron chi connectivity index (χ0n) is 11.5. The molecule has 1 aromatic rings. The Morgan fingerprint density at radius 1 is 1.21 bits per heavy atom. The van der Waals surface area contributed by atoms with Crippen LogP contribution < -0.4 is 0 Å². The van der Waals surface area contributed by atoms with Gasteiger partial charge in [0.15, 0.2) is 0 Å². The highest BCUT2D eigenvalue weighted by Crippen LogP contribution is 2.13. The van der Waals surface area contributed by atoms with E-state index < -0.39 is 12.1 Å². The van der Waals surface area contributed by atoms with Gasteiger partial charge in [-0.15, -0.1) is 0 Å². The number of aliphatic hydroxyl groups excluding tert-OH is 1. The molecule has 0 aliphatic carbocycles. The fourth-order valence-corrected chi connectivity index (χ4v) is 1.79. The minimum Gasteiger partial charge on any atom is -0.480 e. The number of aliphatic hydroxyl groups is 1. The van der Waals surface area contributed by atoms with Crippen LogP contribution in [0.3, 0.4) is 0 Å². The quantitative estimate of drug-likeness (QED) is 0.724. The number of carboxylic acid groups (broad SMARTS) is 1. The molecule has 0 aromatic heterocycles. The minimum absolute atomic E-state index is 0.0578. The van der Waals surface area contributed by atoms with Crippen LogP contribution in [0.4, 0.5) is 0 Å². The molecular formula is C14H22N2O3. The van der Waals surface area contributed by atoms with Crippen molar-refractivity contribution in [3.8, 4) is 0 Å². The Kier molecular flexibility index (Phi) is 6.49. The first-order valence-corrected chi connectivity index (χ1v) is 6.31. The molecule has 0 fully saturated rings. The van der Waals surface area contributed by atoms with Crippen molar-refractivity contribution >= 4 is 5.97 Å². The monoisotopic (exact) mass is 266 g/mol. The molecule has 5 heteroatoms. The van der Waals surface area contributed by atoms with Gasteiger partial charge in [0.25, 0.3) is 0 Å². The van der Waals surface area contributed by atoms with E-state index in [0.717, 1.165) is 12.1 Å². The number of hydrogen-bond donors (Lipinski definition) is 2. The third kappa shape index (κ3) is 6.33. The number of aliphatic carboxylic acids is 1. The van der Waals surface area contributed by atoms with Crippen LogP contribution in [0.25, 0.3) is 0 Å². The molecule has 0 saturated heterocycles. The smallest absolute Gasteiger partial charge is 0.317 e. The summed E-state index contributed by atoms with van der Waals surface area (Å²) >= 11 is 0. The Balaban J connectivity index is 2.57. The van der Waals surface area contributed by atoms with Gasteiger partial charge in [-0.05, 0) is 19.7 Å². The fraction of sp³-hybridized carbons (Fsp3) is 0.500. The van der Waals surface area contributed by atoms with Gasteiger partial charge in [0, 0.05) is 19.6 Å². The van der Waals surface area contributed by atoms with Crippen LogP contribution >= 0.6 is 0 Å². The van der Waals surface area contributed by atoms with Gasteiger partial charge in [0.1, 0.15) is 0 Å². The number of carboxylic acids is 1. The molecule has 5 nitrogen and oxygen atoms in total. The maximum atomic E-state index is 10.8. The summed E-state index contributed by atoms with van der Waals surface area (Å²) in [6, 6.07) is 9.29. The summed E-state index contributed by atoms with van der Waals surface area (Å²) in [5, 5.41) is 19.0. The van der Waals surface area contributed by atoms with Crippen molar-refractivity contribution in [1.29, 1.82) is 0 Å². The molecule has 1 unspecified atom stereocenters. The first kappa shape index (κ1) is 15.6. The third-order valence-electron chi connectivity index (χ3n) is 2.84. The number of nitrogens with zero attached hydrogens (tertiary/aromatic N) is 2. The minimum atomic E-state index is -0.876. The fourth-order valence-electron chi connectivity index (χ4n) is 1.79. The van der Waals surface area contributed by atoms with Crippen LogP contribution in [0, 0.1) is 0 Å². The molecule has 0 aliphatic rings. The Morgan fingerprint density at radius 2 is 1.84 bits per heavy atom. The zero-order valence-corrected chi connectivity index (χ0v) is 11.5. The summed E-state index contributed by atoms with van der Waals surface area (Å²) in [6.45, 7) is 1.64. The predicted octanol–water partition coefficient (Wildman–Crippen LogP) is 0.668. The molecule has 0 amide bonds. The van der Waals surface area contributed by atoms with E-state index in [4.69, 9.17) is 5.11 Å². The maximum absolute atomic E-state index is 10.8. The summed E-state index contributed by atoms with van der Waals surface area (Å²) in [6.07, 6.45) is -0.664. The Morgan fingerprint density at radius 3 is 2.37 bits per heavy atom. The van der Waals surface area contributed by atoms with Crippen LogP contribution in [-0.2, 0) is 4.79 Å². The summed E-state index contributed by atoms with van der Waals surface area (Å²) in [7, 11) is 3.87. The first-order valence-electron chi connectivity index (χ1n) is 6.31. The predicted molar refractivity (Wildman–Crippen MR) is 74.0 cm³/mol. The van der Waals surface area contributed by atoms with Crippen molar-refractivity contribution in [3.63, 3.8) is 0 Å². The maximum Gasteiger partial charge on any atom is 0.317 e. The standard InChI is InChI=1S/C14H22N2O3/c1-15(2)8-9-16(11-14(18)19)10-13(17)12-6-4-3-5-7-12/h3-7,13,17H,8-11H2,1-2H3,(H,18,19). The second-order valence-corrected chi connectivity index (χ2v) is 4.86. The van der Waals surface area contributed by atoms with Gasteiger partial charge in [-0.2, -0.15) is 0 Å². The van der Waals surface area contributed by atoms with Crippen molar-refractivity contribution < 1.29 is 15.0 Å². The van der Waals surface area contributed by atoms with E-state index in [-0.39, 0.29) is 6.54 Å². The van der Waals surface area contributed by atoms with Crippen molar-refractivity contribution in [2.75, 3.05) is 40.3 Å². The lowest BCUT2D eigenvalue weighted by Gasteiger charge is -2.25. The van der Waals surface area contributed by atoms with Gasteiger partial charge in [-0.3, -0.25) is 9.69 Å². The summed E-state index contributed by atoms with van der Waals surface area (Å²) < 4.78 is 0. The Hall–Kier alpha value is -1.43. The number of likely N-dealkylation sites (N-methyl/N-ethyl adjacent to an activating group) is 1. The number of rotatable bonds is 8. The lowest BCUT2D eigenvalue weighted by Crippen LogP contribution is -2.38. The molecule has 0 spiro atoms. The molecule has 1 aromatic carbocycles. The van der Waals surface area contributed by atoms with Gasteiger partial charge < -0.3 is 15.1 Å². The molecule has 2 N–H and O–H groups in total. The van der Waals surface area contributed by atoms with Gasteiger partial charge in [0.05, 0.1) is 12.6 Å². The Bertz CT molecular complexity index is 382. The van der Waals surface area contributed by atoms with E-state index in [1.165, 1.54) is 0 Å². The highest BCUT2D eigenvalue weighted by atomic mass is 16.4. The third-order valence-corrected chi connectivity index (χ3v) is 2.84. The summed E-state index contributed by atoms with van der Waals surface area (Å²) in [4.78, 5) is 14.6. The second-order valence-electron chi connectivity index (χ2n) is 4.86. The average Bonchev–Trinajstić information content (AvgIpc) is 2.36. The molecule has 1 atom stereocenters. The van der Waals surface area contributed by atoms with Crippen molar-refractivity contribution in [2.45, 2.75) is 6.10 Å². The molecule has 19 heavy (non-hydrogen) atoms. The van der Waals surface area contributed by atoms with Crippen molar-refractivity contribution in [1.82, 2.24) is 9.80 Å². The highest BCUT2D eigenvalue weighted by molar-refractivity contribution is 5.69. The lowest BCUT2D eigenvalue weighted by atomic mass is 10.1. The van der Waals surface area contributed by atoms with E-state index in [9.17, 15) is 9.90 Å². The lowest BCUT2D eigenvalue weighted by molar-refractivity contribution is -0.138. The SMILES string of the molecule is CN(C)CCN(CC(=O)O)CC(O)c1ccccc1. The zero-order chi connectivity index (χ0) is 14.3. The molecule has 0 saturated carbocycles. The van der Waals surface area contributed by atoms with E-state index >= 15 is 0 Å². The van der Waals surface area contributed by atoms with Crippen LogP contribution in [-0.4, -0.2) is 66.3 Å². The van der Waals surface area contributed by atoms with Gasteiger partial charge >= 0.3 is 5.97 Å². The van der Waals surface area contributed by atoms with E-state index in [0.29, 0.717) is 13.1 Å². The van der Waals surface area contributed by atoms with Crippen LogP contribution in [0.15, 0.2) is 30.3 Å². The van der Waals surface area contributed by atoms with Crippen molar-refractivity contribution in [2.24, 2.45) is 0 Å². The Labute approximate surface area is 114 Å². The molecule has 0 aliphatic heterocycles. The molecule has 0 bridgehead atoms. The van der Waals surface area contributed by atoms with E-state index in [2.05, 4.69) is 0 Å². The van der Waals surface area contributed by atoms with Crippen LogP contribution in [0.5, 0.6) is 0 Å². The normalized spacial score (nSPS) is 12.9. The molecule has 0 radical (unpaired) electrons. The van der Waals surface area contributed by atoms with Gasteiger partial charge in [0.2, 0.25) is 0 Å². The first-order chi connectivity index (χ1) is 8.99. The number of benzene rings is 1. The second kappa shape index (κ2) is 7.89. The topological polar surface area (TPSA) is 64.0 Å². The average molecular weight is 266 g/mol. The van der Waals surface area contributed by atoms with E-state index in [1.807, 2.05) is 49.3 Å². The summed E-state index contributed by atoms with van der Waals surface area (Å²) in [5.74, 6) is -0.876. The number of hydrogen-bond acceptors (Lipinski definition) is 4. The summed E-state index contributed by atoms with van der Waals surface area (Å²) in [5.41, 5.74) is 0.808. The van der Waals surface area contributed by atoms with Crippen LogP contribution in [0.2, 0.25) is 0 Å². The largest absolute Gasteiger partial charge is 0.480 e. The van der Waals surface area contributed by atoms with Crippen molar-refractivity contribution in [3.05, 3.63) is 35.9 Å². The molecular weight excluding hydrogens is 244 g/mol. The van der Waals surface area contributed by atoms with Gasteiger partial charge in [-0.25, -0.2) is 0 Å². The number of carbonyl (C=O) groups is 1. The molecule has 1 rings (SSSR count). The molecule has 0 heterocycles. The van der Waals surface area contributed by atoms with Gasteiger partial charge in [-0.1, -0.05) is 30.3 Å². The molecule has 106 valence electrons. The van der Waals surface area contributed by atoms with E-state index in [1.54, 1.807) is 4.90 Å². The highest BCUT2D eigenvalue weighted by Gasteiger charge is 2.15. The van der Waals surface area contributed by atoms with Crippen LogP contribution in [0.1, 0.15) is 11.7 Å².